The van der Waals surface area contributed by atoms with E-state index in [0.29, 0.717) is 23.7 Å². The predicted octanol–water partition coefficient (Wildman–Crippen LogP) is 1.57. The molecule has 0 bridgehead atoms. The van der Waals surface area contributed by atoms with E-state index in [4.69, 9.17) is 4.52 Å². The van der Waals surface area contributed by atoms with Crippen LogP contribution in [0.1, 0.15) is 34.6 Å². The zero-order valence-electron chi connectivity index (χ0n) is 13.2. The van der Waals surface area contributed by atoms with Gasteiger partial charge in [-0.15, -0.1) is 12.4 Å². The molecule has 0 aliphatic rings. The van der Waals surface area contributed by atoms with Crippen molar-refractivity contribution in [2.75, 3.05) is 14.1 Å². The Morgan fingerprint density at radius 1 is 1.35 bits per heavy atom. The van der Waals surface area contributed by atoms with Gasteiger partial charge >= 0.3 is 0 Å². The van der Waals surface area contributed by atoms with E-state index in [9.17, 15) is 4.79 Å². The maximum atomic E-state index is 11.6. The Hall–Kier alpha value is -2.25. The molecule has 2 N–H and O–H groups in total. The topological polar surface area (TPSA) is 92.9 Å². The van der Waals surface area contributed by atoms with Crippen molar-refractivity contribution in [3.05, 3.63) is 41.3 Å². The highest BCUT2D eigenvalue weighted by Gasteiger charge is 2.08. The molecule has 0 aliphatic heterocycles. The van der Waals surface area contributed by atoms with E-state index < -0.39 is 0 Å². The number of carbonyl (C=O) groups is 1. The van der Waals surface area contributed by atoms with Gasteiger partial charge in [0.05, 0.1) is 5.56 Å². The van der Waals surface area contributed by atoms with Crippen LogP contribution in [0.15, 0.2) is 23.0 Å². The fourth-order valence-electron chi connectivity index (χ4n) is 1.78. The van der Waals surface area contributed by atoms with Crippen molar-refractivity contribution in [2.45, 2.75) is 19.4 Å². The third-order valence-electron chi connectivity index (χ3n) is 3.13. The highest BCUT2D eigenvalue weighted by Crippen LogP contribution is 2.09. The molecular formula is C15H20ClN5O2. The first kappa shape index (κ1) is 18.8. The molecule has 0 radical (unpaired) electrons. The van der Waals surface area contributed by atoms with Gasteiger partial charge in [-0.2, -0.15) is 4.98 Å². The lowest BCUT2D eigenvalue weighted by atomic mass is 10.2. The number of pyridine rings is 1. The third kappa shape index (κ3) is 5.46. The fourth-order valence-corrected chi connectivity index (χ4v) is 1.78. The van der Waals surface area contributed by atoms with Crippen molar-refractivity contribution < 1.29 is 9.32 Å². The predicted molar refractivity (Wildman–Crippen MR) is 90.3 cm³/mol. The van der Waals surface area contributed by atoms with E-state index >= 15 is 0 Å². The number of nitrogens with zero attached hydrogens (tertiary/aromatic N) is 3. The molecule has 124 valence electrons. The summed E-state index contributed by atoms with van der Waals surface area (Å²) in [5, 5.41) is 9.59. The molecule has 0 saturated heterocycles. The van der Waals surface area contributed by atoms with Crippen molar-refractivity contribution in [1.82, 2.24) is 25.8 Å². The van der Waals surface area contributed by atoms with Crippen LogP contribution in [-0.4, -0.2) is 41.2 Å². The van der Waals surface area contributed by atoms with Crippen LogP contribution in [0.5, 0.6) is 0 Å². The molecule has 0 aliphatic carbocycles. The summed E-state index contributed by atoms with van der Waals surface area (Å²) in [5.41, 5.74) is 1.28. The van der Waals surface area contributed by atoms with Gasteiger partial charge in [-0.25, -0.2) is 0 Å². The molecule has 2 aromatic heterocycles. The number of rotatable bonds is 6. The van der Waals surface area contributed by atoms with Crippen LogP contribution in [0.3, 0.4) is 0 Å². The zero-order chi connectivity index (χ0) is 15.9. The van der Waals surface area contributed by atoms with Crippen LogP contribution in [0.2, 0.25) is 0 Å². The Balaban J connectivity index is 0.00000264. The number of amides is 1. The lowest BCUT2D eigenvalue weighted by molar-refractivity contribution is 0.0962. The molecule has 7 nitrogen and oxygen atoms in total. The molecule has 1 amide bonds. The highest BCUT2D eigenvalue weighted by atomic mass is 35.5. The van der Waals surface area contributed by atoms with Crippen LogP contribution in [0.4, 0.5) is 0 Å². The highest BCUT2D eigenvalue weighted by molar-refractivity contribution is 5.94. The van der Waals surface area contributed by atoms with E-state index in [1.807, 2.05) is 14.0 Å². The summed E-state index contributed by atoms with van der Waals surface area (Å²) >= 11 is 0. The van der Waals surface area contributed by atoms with E-state index in [-0.39, 0.29) is 24.4 Å². The maximum Gasteiger partial charge on any atom is 0.252 e. The van der Waals surface area contributed by atoms with Gasteiger partial charge in [-0.05, 0) is 31.7 Å². The third-order valence-corrected chi connectivity index (χ3v) is 3.13. The van der Waals surface area contributed by atoms with Crippen LogP contribution < -0.4 is 10.6 Å². The Morgan fingerprint density at radius 3 is 2.83 bits per heavy atom. The molecule has 2 heterocycles. The minimum Gasteiger partial charge on any atom is -0.355 e. The summed E-state index contributed by atoms with van der Waals surface area (Å²) in [6, 6.07) is 2.02. The monoisotopic (exact) mass is 337 g/mol. The van der Waals surface area contributed by atoms with Crippen LogP contribution in [-0.2, 0) is 6.42 Å². The number of aromatic nitrogens is 3. The van der Waals surface area contributed by atoms with E-state index in [1.54, 1.807) is 31.5 Å². The molecule has 0 aromatic carbocycles. The summed E-state index contributed by atoms with van der Waals surface area (Å²) in [4.78, 5) is 19.9. The van der Waals surface area contributed by atoms with Crippen LogP contribution in [0.25, 0.3) is 12.2 Å². The van der Waals surface area contributed by atoms with Gasteiger partial charge in [0, 0.05) is 38.0 Å². The van der Waals surface area contributed by atoms with Crippen molar-refractivity contribution in [2.24, 2.45) is 0 Å². The molecule has 8 heteroatoms. The standard InChI is InChI=1S/C15H19N5O2.ClH/c1-10(16-2)6-13-19-14(22-20-13)5-4-11-7-12(9-18-8-11)15(21)17-3;/h4-5,7-10,16H,6H2,1-3H3,(H,17,21);1H/b5-4+;. The normalized spacial score (nSPS) is 12.0. The first-order valence-corrected chi connectivity index (χ1v) is 6.97. The van der Waals surface area contributed by atoms with Gasteiger partial charge in [0.1, 0.15) is 0 Å². The fraction of sp³-hybridized carbons (Fsp3) is 0.333. The van der Waals surface area contributed by atoms with Crippen molar-refractivity contribution in [1.29, 1.82) is 0 Å². The van der Waals surface area contributed by atoms with Gasteiger partial charge in [0.25, 0.3) is 11.8 Å². The quantitative estimate of drug-likeness (QED) is 0.831. The minimum absolute atomic E-state index is 0. The average Bonchev–Trinajstić information content (AvgIpc) is 2.99. The SMILES string of the molecule is CNC(=O)c1cncc(/C=C/c2nc(CC(C)NC)no2)c1.Cl. The van der Waals surface area contributed by atoms with E-state index in [2.05, 4.69) is 25.8 Å². The number of nitrogens with one attached hydrogen (secondary N) is 2. The molecule has 0 saturated carbocycles. The maximum absolute atomic E-state index is 11.6. The molecule has 1 unspecified atom stereocenters. The molecule has 2 rings (SSSR count). The molecule has 23 heavy (non-hydrogen) atoms. The second-order valence-electron chi connectivity index (χ2n) is 4.86. The number of hydrogen-bond donors (Lipinski definition) is 2. The number of hydrogen-bond acceptors (Lipinski definition) is 6. The van der Waals surface area contributed by atoms with Gasteiger partial charge in [0.15, 0.2) is 5.82 Å². The largest absolute Gasteiger partial charge is 0.355 e. The Morgan fingerprint density at radius 2 is 2.13 bits per heavy atom. The summed E-state index contributed by atoms with van der Waals surface area (Å²) in [5.74, 6) is 0.895. The summed E-state index contributed by atoms with van der Waals surface area (Å²) in [7, 11) is 3.47. The lowest BCUT2D eigenvalue weighted by Gasteiger charge is -2.04. The smallest absolute Gasteiger partial charge is 0.252 e. The molecule has 0 fully saturated rings. The lowest BCUT2D eigenvalue weighted by Crippen LogP contribution is -2.24. The van der Waals surface area contributed by atoms with Gasteiger partial charge in [-0.3, -0.25) is 9.78 Å². The number of halogens is 1. The van der Waals surface area contributed by atoms with Gasteiger partial charge < -0.3 is 15.2 Å². The number of likely N-dealkylation sites (N-methyl/N-ethyl adjacent to an activating group) is 1. The first-order valence-electron chi connectivity index (χ1n) is 6.97. The van der Waals surface area contributed by atoms with E-state index in [1.165, 1.54) is 6.20 Å². The summed E-state index contributed by atoms with van der Waals surface area (Å²) in [6.45, 7) is 2.04. The molecule has 1 atom stereocenters. The van der Waals surface area contributed by atoms with Crippen LogP contribution in [0, 0.1) is 0 Å². The second kappa shape index (κ2) is 9.02. The van der Waals surface area contributed by atoms with Gasteiger partial charge in [-0.1, -0.05) is 5.16 Å². The van der Waals surface area contributed by atoms with E-state index in [0.717, 1.165) is 5.56 Å². The Bertz CT molecular complexity index is 671. The average molecular weight is 338 g/mol. The van der Waals surface area contributed by atoms with Gasteiger partial charge in [0.2, 0.25) is 0 Å². The van der Waals surface area contributed by atoms with Crippen molar-refractivity contribution >= 4 is 30.5 Å². The van der Waals surface area contributed by atoms with Crippen molar-refractivity contribution in [3.8, 4) is 0 Å². The molecule has 2 aromatic rings. The molecule has 0 spiro atoms. The molecular weight excluding hydrogens is 318 g/mol. The Labute approximate surface area is 141 Å². The minimum atomic E-state index is -0.177. The second-order valence-corrected chi connectivity index (χ2v) is 4.86. The Kier molecular flexibility index (Phi) is 7.37. The zero-order valence-corrected chi connectivity index (χ0v) is 14.1. The summed E-state index contributed by atoms with van der Waals surface area (Å²) in [6.07, 6.45) is 7.34. The first-order chi connectivity index (χ1) is 10.6. The summed E-state index contributed by atoms with van der Waals surface area (Å²) < 4.78 is 5.16. The van der Waals surface area contributed by atoms with Crippen molar-refractivity contribution in [3.63, 3.8) is 0 Å². The number of carbonyl (C=O) groups excluding carboxylic acids is 1. The van der Waals surface area contributed by atoms with Crippen LogP contribution >= 0.6 is 12.4 Å².